The van der Waals surface area contributed by atoms with Crippen molar-refractivity contribution in [1.29, 1.82) is 5.41 Å². The van der Waals surface area contributed by atoms with Gasteiger partial charge in [0.2, 0.25) is 0 Å². The van der Waals surface area contributed by atoms with Gasteiger partial charge in [-0.25, -0.2) is 23.7 Å². The molecular weight excluding hydrogens is 594 g/mol. The second-order valence-corrected chi connectivity index (χ2v) is 11.1. The van der Waals surface area contributed by atoms with Gasteiger partial charge in [-0.3, -0.25) is 14.5 Å². The number of benzene rings is 1. The van der Waals surface area contributed by atoms with Crippen LogP contribution in [0.25, 0.3) is 11.1 Å². The molecule has 0 radical (unpaired) electrons. The van der Waals surface area contributed by atoms with Crippen LogP contribution in [0.1, 0.15) is 47.7 Å². The summed E-state index contributed by atoms with van der Waals surface area (Å²) in [6.07, 6.45) is 5.17. The molecule has 11 nitrogen and oxygen atoms in total. The smallest absolute Gasteiger partial charge is 0.279 e. The third kappa shape index (κ3) is 7.01. The van der Waals surface area contributed by atoms with E-state index in [0.717, 1.165) is 6.21 Å². The van der Waals surface area contributed by atoms with Crippen molar-refractivity contribution in [2.45, 2.75) is 45.2 Å². The molecule has 1 saturated heterocycles. The summed E-state index contributed by atoms with van der Waals surface area (Å²) in [4.78, 5) is 39.8. The van der Waals surface area contributed by atoms with Gasteiger partial charge in [-0.1, -0.05) is 31.5 Å². The number of nitrogens with two attached hydrogens (primary N) is 1. The number of amides is 1. The predicted molar refractivity (Wildman–Crippen MR) is 165 cm³/mol. The number of aromatic nitrogens is 3. The van der Waals surface area contributed by atoms with Crippen molar-refractivity contribution in [1.82, 2.24) is 20.3 Å². The molecular formula is C30H35ClF2N8O3. The summed E-state index contributed by atoms with van der Waals surface area (Å²) in [7, 11) is 1.50. The van der Waals surface area contributed by atoms with Crippen LogP contribution in [0.2, 0.25) is 5.02 Å². The van der Waals surface area contributed by atoms with Crippen LogP contribution in [-0.2, 0) is 17.8 Å². The normalized spacial score (nSPS) is 17.2. The molecule has 2 aliphatic rings. The molecule has 0 aliphatic carbocycles. The predicted octanol–water partition coefficient (Wildman–Crippen LogP) is 4.11. The van der Waals surface area contributed by atoms with E-state index in [4.69, 9.17) is 21.7 Å². The first-order chi connectivity index (χ1) is 21.1. The van der Waals surface area contributed by atoms with Gasteiger partial charge in [-0.15, -0.1) is 0 Å². The Balaban J connectivity index is 0.00000216. The fraction of sp³-hybridized carbons (Fsp3) is 0.400. The van der Waals surface area contributed by atoms with Gasteiger partial charge < -0.3 is 26.5 Å². The van der Waals surface area contributed by atoms with E-state index in [9.17, 15) is 18.4 Å². The van der Waals surface area contributed by atoms with Gasteiger partial charge in [0.25, 0.3) is 11.8 Å². The number of nitrogens with zero attached hydrogens (tertiary/aromatic N) is 4. The summed E-state index contributed by atoms with van der Waals surface area (Å²) in [6, 6.07) is 3.85. The third-order valence-corrected chi connectivity index (χ3v) is 7.37. The third-order valence-electron chi connectivity index (χ3n) is 7.17. The minimum absolute atomic E-state index is 0.0867. The lowest BCUT2D eigenvalue weighted by Crippen LogP contribution is -2.53. The standard InChI is InChI=1S/C29H30ClF2N7O3.CH5N/c1-16(2)7-21-20(13-40)27(19(9-33)28(37-21)38-24-5-6-34-15-29(24,31)32)17-3-4-22-23(8-17)42-14-26(41)39(22)12-25-35-10-18(30)11-36-25;1-2/h3-4,8-11,13,16,24,33-34H,5-7,12,14-15H2,1-2H3,(H,37,38);2H2,1H3. The first-order valence-corrected chi connectivity index (χ1v) is 14.5. The van der Waals surface area contributed by atoms with Crippen molar-refractivity contribution in [2.24, 2.45) is 11.7 Å². The fourth-order valence-corrected chi connectivity index (χ4v) is 5.27. The van der Waals surface area contributed by atoms with E-state index in [2.05, 4.69) is 31.3 Å². The van der Waals surface area contributed by atoms with Crippen molar-refractivity contribution in [3.05, 3.63) is 58.3 Å². The molecule has 3 aromatic rings. The Morgan fingerprint density at radius 3 is 2.64 bits per heavy atom. The van der Waals surface area contributed by atoms with Crippen LogP contribution >= 0.6 is 11.6 Å². The molecule has 14 heteroatoms. The SMILES string of the molecule is CC(C)Cc1nc(NC2CCNCC2(F)F)c(C=N)c(-c2ccc3c(c2)OCC(=O)N3Cc2ncc(Cl)cn2)c1C=O.CN. The quantitative estimate of drug-likeness (QED) is 0.202. The molecule has 2 aromatic heterocycles. The van der Waals surface area contributed by atoms with Gasteiger partial charge in [0.15, 0.2) is 12.9 Å². The molecule has 5 N–H and O–H groups in total. The zero-order valence-electron chi connectivity index (χ0n) is 24.7. The van der Waals surface area contributed by atoms with Gasteiger partial charge in [0, 0.05) is 35.3 Å². The van der Waals surface area contributed by atoms with E-state index in [1.54, 1.807) is 18.2 Å². The molecule has 1 fully saturated rings. The Hall–Kier alpha value is -4.07. The highest BCUT2D eigenvalue weighted by Gasteiger charge is 2.42. The Kier molecular flexibility index (Phi) is 10.6. The van der Waals surface area contributed by atoms with Gasteiger partial charge in [0.05, 0.1) is 35.5 Å². The second-order valence-electron chi connectivity index (χ2n) is 10.7. The lowest BCUT2D eigenvalue weighted by atomic mass is 9.91. The van der Waals surface area contributed by atoms with E-state index in [1.807, 2.05) is 13.8 Å². The van der Waals surface area contributed by atoms with Crippen LogP contribution in [0.5, 0.6) is 5.75 Å². The zero-order valence-corrected chi connectivity index (χ0v) is 25.4. The molecule has 1 atom stereocenters. The Labute approximate surface area is 259 Å². The first-order valence-electron chi connectivity index (χ1n) is 14.1. The molecule has 4 heterocycles. The van der Waals surface area contributed by atoms with E-state index >= 15 is 0 Å². The van der Waals surface area contributed by atoms with E-state index in [0.29, 0.717) is 58.4 Å². The maximum absolute atomic E-state index is 14.8. The molecule has 44 heavy (non-hydrogen) atoms. The number of nitrogens with one attached hydrogen (secondary N) is 3. The number of halogens is 3. The van der Waals surface area contributed by atoms with Gasteiger partial charge in [-0.05, 0) is 50.0 Å². The summed E-state index contributed by atoms with van der Waals surface area (Å²) in [5.41, 5.74) is 6.78. The van der Waals surface area contributed by atoms with Crippen molar-refractivity contribution in [3.8, 4) is 16.9 Å². The lowest BCUT2D eigenvalue weighted by molar-refractivity contribution is -0.121. The Bertz CT molecular complexity index is 1520. The zero-order chi connectivity index (χ0) is 32.0. The topological polar surface area (TPSA) is 159 Å². The number of ether oxygens (including phenoxy) is 1. The van der Waals surface area contributed by atoms with Crippen molar-refractivity contribution in [2.75, 3.05) is 37.0 Å². The molecule has 234 valence electrons. The van der Waals surface area contributed by atoms with E-state index < -0.39 is 18.5 Å². The molecule has 1 amide bonds. The summed E-state index contributed by atoms with van der Waals surface area (Å²) >= 11 is 5.89. The van der Waals surface area contributed by atoms with Crippen molar-refractivity contribution < 1.29 is 23.1 Å². The maximum atomic E-state index is 14.8. The summed E-state index contributed by atoms with van der Waals surface area (Å²) in [6.45, 7) is 3.73. The molecule has 1 aromatic carbocycles. The van der Waals surface area contributed by atoms with Crippen LogP contribution in [0.4, 0.5) is 20.3 Å². The first kappa shape index (κ1) is 32.8. The molecule has 1 unspecified atom stereocenters. The number of carbonyl (C=O) groups is 2. The minimum Gasteiger partial charge on any atom is -0.482 e. The number of fused-ring (bicyclic) bond motifs is 1. The second kappa shape index (κ2) is 14.1. The van der Waals surface area contributed by atoms with Crippen molar-refractivity contribution in [3.63, 3.8) is 0 Å². The Morgan fingerprint density at radius 1 is 1.27 bits per heavy atom. The number of rotatable bonds is 9. The number of anilines is 2. The fourth-order valence-electron chi connectivity index (χ4n) is 5.17. The number of aldehydes is 1. The van der Waals surface area contributed by atoms with Gasteiger partial charge >= 0.3 is 0 Å². The molecule has 0 spiro atoms. The Morgan fingerprint density at radius 2 is 2.00 bits per heavy atom. The molecule has 0 saturated carbocycles. The van der Waals surface area contributed by atoms with E-state index in [-0.39, 0.29) is 48.3 Å². The molecule has 0 bridgehead atoms. The average molecular weight is 629 g/mol. The van der Waals surface area contributed by atoms with Crippen LogP contribution in [0.15, 0.2) is 30.6 Å². The number of hydrogen-bond acceptors (Lipinski definition) is 10. The summed E-state index contributed by atoms with van der Waals surface area (Å²) in [5.74, 6) is -2.34. The monoisotopic (exact) mass is 628 g/mol. The number of pyridine rings is 1. The van der Waals surface area contributed by atoms with Gasteiger partial charge in [0.1, 0.15) is 17.4 Å². The van der Waals surface area contributed by atoms with Crippen LogP contribution in [0.3, 0.4) is 0 Å². The van der Waals surface area contributed by atoms with Crippen molar-refractivity contribution >= 4 is 41.5 Å². The largest absolute Gasteiger partial charge is 0.482 e. The van der Waals surface area contributed by atoms with Crippen LogP contribution in [0, 0.1) is 11.3 Å². The summed E-state index contributed by atoms with van der Waals surface area (Å²) in [5, 5.41) is 14.2. The van der Waals surface area contributed by atoms with Crippen LogP contribution in [-0.4, -0.2) is 72.1 Å². The minimum atomic E-state index is -3.04. The maximum Gasteiger partial charge on any atom is 0.279 e. The number of alkyl halides is 2. The highest BCUT2D eigenvalue weighted by Crippen LogP contribution is 2.40. The van der Waals surface area contributed by atoms with E-state index in [1.165, 1.54) is 24.3 Å². The highest BCUT2D eigenvalue weighted by atomic mass is 35.5. The molecule has 2 aliphatic heterocycles. The number of hydrogen-bond donors (Lipinski definition) is 4. The number of piperidine rings is 1. The number of carbonyl (C=O) groups excluding carboxylic acids is 2. The average Bonchev–Trinajstić information content (AvgIpc) is 3.00. The van der Waals surface area contributed by atoms with Gasteiger partial charge in [-0.2, -0.15) is 0 Å². The highest BCUT2D eigenvalue weighted by molar-refractivity contribution is 6.30. The van der Waals surface area contributed by atoms with Crippen LogP contribution < -0.4 is 26.0 Å². The lowest BCUT2D eigenvalue weighted by Gasteiger charge is -2.33. The summed E-state index contributed by atoms with van der Waals surface area (Å²) < 4.78 is 35.3. The molecule has 5 rings (SSSR count).